The van der Waals surface area contributed by atoms with Crippen LogP contribution in [0.5, 0.6) is 0 Å². The number of halogens is 2. The maximum absolute atomic E-state index is 5.09. The van der Waals surface area contributed by atoms with Crippen molar-refractivity contribution >= 4 is 53.7 Å². The van der Waals surface area contributed by atoms with Crippen molar-refractivity contribution in [1.29, 1.82) is 0 Å². The molecular weight excluding hydrogens is 464 g/mol. The smallest absolute Gasteiger partial charge is 0.0705 e. The second-order valence-corrected chi connectivity index (χ2v) is 9.54. The summed E-state index contributed by atoms with van der Waals surface area (Å²) >= 11 is 8.04. The molecule has 0 saturated heterocycles. The van der Waals surface area contributed by atoms with Crippen molar-refractivity contribution in [3.8, 4) is 0 Å². The third-order valence-electron chi connectivity index (χ3n) is 6.08. The molecule has 132 valence electrons. The van der Waals surface area contributed by atoms with Crippen molar-refractivity contribution in [2.45, 2.75) is 27.9 Å². The number of benzene rings is 2. The van der Waals surface area contributed by atoms with E-state index in [1.807, 2.05) is 0 Å². The second kappa shape index (κ2) is 5.86. The SMILES string of the molecule is Br[C@@H]1c2cc3ccccc3nc2[C@@H]2C[C@H]1c1nc3ccccc3cc1[C@H]2Br. The Balaban J connectivity index is 1.61. The number of rotatable bonds is 0. The summed E-state index contributed by atoms with van der Waals surface area (Å²) < 4.78 is 0. The molecule has 0 saturated carbocycles. The van der Waals surface area contributed by atoms with E-state index in [0.717, 1.165) is 17.5 Å². The molecule has 2 aliphatic rings. The van der Waals surface area contributed by atoms with Gasteiger partial charge < -0.3 is 0 Å². The van der Waals surface area contributed by atoms with E-state index in [9.17, 15) is 0 Å². The van der Waals surface area contributed by atoms with Gasteiger partial charge in [0.05, 0.1) is 22.4 Å². The Hall–Kier alpha value is -1.78. The van der Waals surface area contributed by atoms with Crippen molar-refractivity contribution < 1.29 is 0 Å². The Bertz CT molecular complexity index is 1120. The highest BCUT2D eigenvalue weighted by Crippen LogP contribution is 2.60. The fraction of sp³-hybridized carbons (Fsp3) is 0.217. The first kappa shape index (κ1) is 16.2. The lowest BCUT2D eigenvalue weighted by Crippen LogP contribution is -2.29. The molecule has 2 aromatic carbocycles. The van der Waals surface area contributed by atoms with Crippen LogP contribution in [0, 0.1) is 0 Å². The molecule has 0 fully saturated rings. The van der Waals surface area contributed by atoms with Crippen molar-refractivity contribution in [1.82, 2.24) is 9.97 Å². The van der Waals surface area contributed by atoms with Gasteiger partial charge in [0.1, 0.15) is 0 Å². The average Bonchev–Trinajstić information content (AvgIpc) is 2.71. The largest absolute Gasteiger partial charge is 0.252 e. The molecule has 0 N–H and O–H groups in total. The number of hydrogen-bond acceptors (Lipinski definition) is 2. The highest BCUT2D eigenvalue weighted by atomic mass is 79.9. The summed E-state index contributed by atoms with van der Waals surface area (Å²) in [5, 5.41) is 2.41. The summed E-state index contributed by atoms with van der Waals surface area (Å²) in [6, 6.07) is 21.5. The molecule has 2 nitrogen and oxygen atoms in total. The van der Waals surface area contributed by atoms with E-state index in [2.05, 4.69) is 92.5 Å². The topological polar surface area (TPSA) is 25.8 Å². The van der Waals surface area contributed by atoms with Crippen LogP contribution in [-0.4, -0.2) is 9.97 Å². The van der Waals surface area contributed by atoms with Crippen LogP contribution >= 0.6 is 31.9 Å². The van der Waals surface area contributed by atoms with E-state index in [-0.39, 0.29) is 9.65 Å². The van der Waals surface area contributed by atoms with Gasteiger partial charge in [-0.25, -0.2) is 0 Å². The Morgan fingerprint density at radius 2 is 1.11 bits per heavy atom. The molecule has 2 aromatic heterocycles. The highest BCUT2D eigenvalue weighted by molar-refractivity contribution is 9.09. The van der Waals surface area contributed by atoms with Gasteiger partial charge in [0.25, 0.3) is 0 Å². The van der Waals surface area contributed by atoms with E-state index in [4.69, 9.17) is 9.97 Å². The molecule has 4 atom stereocenters. The Morgan fingerprint density at radius 3 is 1.59 bits per heavy atom. The average molecular weight is 480 g/mol. The summed E-state index contributed by atoms with van der Waals surface area (Å²) in [6.07, 6.45) is 1.07. The maximum Gasteiger partial charge on any atom is 0.0705 e. The summed E-state index contributed by atoms with van der Waals surface area (Å²) in [5.74, 6) is 0.748. The summed E-state index contributed by atoms with van der Waals surface area (Å²) in [4.78, 5) is 10.7. The van der Waals surface area contributed by atoms with Gasteiger partial charge in [0.2, 0.25) is 0 Å². The molecule has 0 radical (unpaired) electrons. The van der Waals surface area contributed by atoms with E-state index in [1.165, 1.54) is 33.3 Å². The van der Waals surface area contributed by atoms with E-state index >= 15 is 0 Å². The van der Waals surface area contributed by atoms with Gasteiger partial charge in [-0.3, -0.25) is 9.97 Å². The minimum atomic E-state index is 0.244. The Labute approximate surface area is 174 Å². The van der Waals surface area contributed by atoms with Gasteiger partial charge in [-0.05, 0) is 41.8 Å². The standard InChI is InChI=1S/C23H16Br2N2/c24-20-14-9-12-5-1-3-7-18(12)26-22(14)17-11-16(20)23-15(21(17)25)10-13-6-2-4-8-19(13)27-23/h1-10,16-17,20-21H,11H2/t16-,17-,20-,21-/m1/s1. The van der Waals surface area contributed by atoms with Gasteiger partial charge in [0.15, 0.2) is 0 Å². The first-order valence-electron chi connectivity index (χ1n) is 9.28. The molecule has 2 bridgehead atoms. The molecule has 2 heterocycles. The minimum absolute atomic E-state index is 0.244. The zero-order valence-electron chi connectivity index (χ0n) is 14.4. The van der Waals surface area contributed by atoms with Crippen LogP contribution in [0.25, 0.3) is 21.8 Å². The predicted molar refractivity (Wildman–Crippen MR) is 117 cm³/mol. The first-order chi connectivity index (χ1) is 13.2. The van der Waals surface area contributed by atoms with Crippen LogP contribution in [-0.2, 0) is 0 Å². The van der Waals surface area contributed by atoms with E-state index in [1.54, 1.807) is 0 Å². The molecule has 2 aliphatic carbocycles. The zero-order chi connectivity index (χ0) is 18.1. The number of fused-ring (bicyclic) bond motifs is 8. The normalized spacial score (nSPS) is 26.0. The van der Waals surface area contributed by atoms with Gasteiger partial charge in [-0.15, -0.1) is 0 Å². The van der Waals surface area contributed by atoms with Gasteiger partial charge >= 0.3 is 0 Å². The fourth-order valence-electron chi connectivity index (χ4n) is 4.78. The number of alkyl halides is 2. The van der Waals surface area contributed by atoms with Crippen LogP contribution in [0.15, 0.2) is 60.7 Å². The van der Waals surface area contributed by atoms with Crippen LogP contribution in [0.4, 0.5) is 0 Å². The van der Waals surface area contributed by atoms with Gasteiger partial charge in [0, 0.05) is 32.3 Å². The van der Waals surface area contributed by atoms with Crippen LogP contribution in [0.2, 0.25) is 0 Å². The van der Waals surface area contributed by atoms with Crippen molar-refractivity contribution in [2.75, 3.05) is 0 Å². The van der Waals surface area contributed by atoms with Gasteiger partial charge in [-0.1, -0.05) is 68.3 Å². The predicted octanol–water partition coefficient (Wildman–Crippen LogP) is 6.94. The lowest BCUT2D eigenvalue weighted by Gasteiger charge is -2.42. The van der Waals surface area contributed by atoms with Gasteiger partial charge in [-0.2, -0.15) is 0 Å². The lowest BCUT2D eigenvalue weighted by molar-refractivity contribution is 0.436. The molecule has 4 aromatic rings. The van der Waals surface area contributed by atoms with Crippen LogP contribution < -0.4 is 0 Å². The number of hydrogen-bond donors (Lipinski definition) is 0. The zero-order valence-corrected chi connectivity index (χ0v) is 17.6. The monoisotopic (exact) mass is 478 g/mol. The van der Waals surface area contributed by atoms with Crippen LogP contribution in [0.3, 0.4) is 0 Å². The molecule has 0 unspecified atom stereocenters. The summed E-state index contributed by atoms with van der Waals surface area (Å²) in [6.45, 7) is 0. The fourth-order valence-corrected chi connectivity index (χ4v) is 6.44. The maximum atomic E-state index is 5.09. The summed E-state index contributed by atoms with van der Waals surface area (Å²) in [5.41, 5.74) is 7.26. The third kappa shape index (κ3) is 2.29. The molecule has 0 spiro atoms. The molecule has 27 heavy (non-hydrogen) atoms. The second-order valence-electron chi connectivity index (χ2n) is 7.56. The highest BCUT2D eigenvalue weighted by Gasteiger charge is 2.45. The van der Waals surface area contributed by atoms with Crippen molar-refractivity contribution in [3.05, 3.63) is 83.2 Å². The Morgan fingerprint density at radius 1 is 0.667 bits per heavy atom. The molecule has 6 rings (SSSR count). The lowest BCUT2D eigenvalue weighted by atomic mass is 9.69. The van der Waals surface area contributed by atoms with Crippen molar-refractivity contribution in [3.63, 3.8) is 0 Å². The summed E-state index contributed by atoms with van der Waals surface area (Å²) in [7, 11) is 0. The quantitative estimate of drug-likeness (QED) is 0.255. The number of para-hydroxylation sites is 2. The van der Waals surface area contributed by atoms with Crippen molar-refractivity contribution in [2.24, 2.45) is 0 Å². The molecule has 4 heteroatoms. The van der Waals surface area contributed by atoms with E-state index < -0.39 is 0 Å². The molecular formula is C23H16Br2N2. The molecule has 0 aliphatic heterocycles. The number of aromatic nitrogens is 2. The van der Waals surface area contributed by atoms with Crippen LogP contribution in [0.1, 0.15) is 50.4 Å². The Kier molecular flexibility index (Phi) is 3.51. The number of pyridine rings is 2. The third-order valence-corrected chi connectivity index (χ3v) is 8.34. The first-order valence-corrected chi connectivity index (χ1v) is 11.1. The van der Waals surface area contributed by atoms with E-state index in [0.29, 0.717) is 11.8 Å². The minimum Gasteiger partial charge on any atom is -0.252 e. The molecule has 0 amide bonds. The number of nitrogens with zero attached hydrogens (tertiary/aromatic N) is 2.